The molecule has 0 bridgehead atoms. The van der Waals surface area contributed by atoms with Gasteiger partial charge >= 0.3 is 5.97 Å². The highest BCUT2D eigenvalue weighted by Crippen LogP contribution is 2.21. The van der Waals surface area contributed by atoms with Gasteiger partial charge in [-0.25, -0.2) is 9.78 Å². The number of H-pyrrole nitrogens is 1. The maximum Gasteiger partial charge on any atom is 0.338 e. The fourth-order valence-corrected chi connectivity index (χ4v) is 3.10. The van der Waals surface area contributed by atoms with E-state index in [0.717, 1.165) is 10.6 Å². The molecule has 0 saturated heterocycles. The summed E-state index contributed by atoms with van der Waals surface area (Å²) in [5.41, 5.74) is 2.54. The minimum absolute atomic E-state index is 0.313. The number of ether oxygens (including phenoxy) is 1. The van der Waals surface area contributed by atoms with Crippen LogP contribution in [0.1, 0.15) is 15.4 Å². The number of carbonyl (C=O) groups excluding carboxylic acids is 2. The number of carbonyl (C=O) groups is 2. The number of nitrogens with zero attached hydrogens (tertiary/aromatic N) is 4. The predicted octanol–water partition coefficient (Wildman–Crippen LogP) is 2.58. The molecule has 3 heterocycles. The lowest BCUT2D eigenvalue weighted by molar-refractivity contribution is -0.119. The van der Waals surface area contributed by atoms with Gasteiger partial charge in [0.05, 0.1) is 16.6 Å². The molecule has 4 aromatic rings. The minimum Gasteiger partial charge on any atom is -0.452 e. The van der Waals surface area contributed by atoms with Crippen LogP contribution in [0.3, 0.4) is 0 Å². The van der Waals surface area contributed by atoms with Crippen LogP contribution in [0.2, 0.25) is 0 Å². The second-order valence-electron chi connectivity index (χ2n) is 5.81. The van der Waals surface area contributed by atoms with Crippen LogP contribution < -0.4 is 5.32 Å². The average molecular weight is 394 g/mol. The molecule has 0 spiro atoms. The molecule has 0 radical (unpaired) electrons. The Hall–Kier alpha value is -3.66. The van der Waals surface area contributed by atoms with Crippen molar-refractivity contribution in [2.45, 2.75) is 6.92 Å². The highest BCUT2D eigenvalue weighted by molar-refractivity contribution is 7.15. The number of amides is 1. The Morgan fingerprint density at radius 2 is 2.14 bits per heavy atom. The number of esters is 1. The molecule has 2 N–H and O–H groups in total. The zero-order valence-electron chi connectivity index (χ0n) is 14.7. The highest BCUT2D eigenvalue weighted by atomic mass is 32.1. The Balaban J connectivity index is 1.43. The summed E-state index contributed by atoms with van der Waals surface area (Å²) in [6, 6.07) is 8.66. The first-order chi connectivity index (χ1) is 13.6. The van der Waals surface area contributed by atoms with E-state index in [1.54, 1.807) is 37.5 Å². The van der Waals surface area contributed by atoms with Crippen LogP contribution >= 0.6 is 11.3 Å². The molecule has 4 rings (SSSR count). The number of aryl methyl sites for hydroxylation is 1. The molecular formula is C18H14N6O3S. The Bertz CT molecular complexity index is 1150. The number of hydrogen-bond acceptors (Lipinski definition) is 8. The van der Waals surface area contributed by atoms with Gasteiger partial charge in [-0.3, -0.25) is 15.1 Å². The van der Waals surface area contributed by atoms with E-state index in [2.05, 4.69) is 30.5 Å². The zero-order valence-corrected chi connectivity index (χ0v) is 15.5. The van der Waals surface area contributed by atoms with E-state index in [4.69, 9.17) is 4.74 Å². The monoisotopic (exact) mass is 394 g/mol. The lowest BCUT2D eigenvalue weighted by Gasteiger charge is -2.04. The van der Waals surface area contributed by atoms with Gasteiger partial charge in [0, 0.05) is 18.0 Å². The second-order valence-corrected chi connectivity index (χ2v) is 6.99. The van der Waals surface area contributed by atoms with Crippen LogP contribution in [-0.2, 0) is 9.53 Å². The fourth-order valence-electron chi connectivity index (χ4n) is 2.49. The van der Waals surface area contributed by atoms with E-state index in [1.165, 1.54) is 11.3 Å². The van der Waals surface area contributed by atoms with Gasteiger partial charge < -0.3 is 9.72 Å². The summed E-state index contributed by atoms with van der Waals surface area (Å²) in [7, 11) is 0. The van der Waals surface area contributed by atoms with Crippen LogP contribution in [0, 0.1) is 6.92 Å². The van der Waals surface area contributed by atoms with E-state index < -0.39 is 18.5 Å². The number of imidazole rings is 1. The summed E-state index contributed by atoms with van der Waals surface area (Å²) < 4.78 is 5.07. The second kappa shape index (κ2) is 7.53. The van der Waals surface area contributed by atoms with Crippen molar-refractivity contribution < 1.29 is 14.3 Å². The Morgan fingerprint density at radius 1 is 1.25 bits per heavy atom. The molecule has 0 aliphatic heterocycles. The normalized spacial score (nSPS) is 10.8. The molecule has 0 atom stereocenters. The molecule has 0 aliphatic rings. The molecule has 0 aliphatic carbocycles. The number of anilines is 1. The maximum atomic E-state index is 12.3. The molecule has 1 aromatic carbocycles. The first-order valence-corrected chi connectivity index (χ1v) is 9.07. The first-order valence-electron chi connectivity index (χ1n) is 8.26. The number of rotatable bonds is 5. The van der Waals surface area contributed by atoms with E-state index in [9.17, 15) is 9.59 Å². The number of hydrogen-bond donors (Lipinski definition) is 2. The van der Waals surface area contributed by atoms with Crippen LogP contribution in [0.4, 0.5) is 5.13 Å². The van der Waals surface area contributed by atoms with Crippen molar-refractivity contribution in [3.8, 4) is 11.4 Å². The molecule has 3 aromatic heterocycles. The number of fused-ring (bicyclic) bond motifs is 1. The Kier molecular flexibility index (Phi) is 4.77. The smallest absolute Gasteiger partial charge is 0.338 e. The third kappa shape index (κ3) is 3.86. The van der Waals surface area contributed by atoms with Crippen molar-refractivity contribution in [1.29, 1.82) is 0 Å². The molecule has 140 valence electrons. The summed E-state index contributed by atoms with van der Waals surface area (Å²) in [5.74, 6) is -0.436. The third-order valence-electron chi connectivity index (χ3n) is 3.76. The first kappa shape index (κ1) is 17.7. The molecule has 0 unspecified atom stereocenters. The number of pyridine rings is 1. The predicted molar refractivity (Wildman–Crippen MR) is 103 cm³/mol. The van der Waals surface area contributed by atoms with E-state index in [0.29, 0.717) is 27.6 Å². The third-order valence-corrected chi connectivity index (χ3v) is 4.51. The summed E-state index contributed by atoms with van der Waals surface area (Å²) in [5, 5.41) is 11.2. The summed E-state index contributed by atoms with van der Waals surface area (Å²) >= 11 is 1.24. The molecule has 28 heavy (non-hydrogen) atoms. The fraction of sp³-hybridized carbons (Fsp3) is 0.111. The molecule has 0 saturated carbocycles. The quantitative estimate of drug-likeness (QED) is 0.499. The molecule has 0 fully saturated rings. The minimum atomic E-state index is -0.608. The molecule has 9 nitrogen and oxygen atoms in total. The van der Waals surface area contributed by atoms with Gasteiger partial charge in [0.15, 0.2) is 6.61 Å². The molecule has 10 heteroatoms. The van der Waals surface area contributed by atoms with Crippen molar-refractivity contribution >= 4 is 39.4 Å². The maximum absolute atomic E-state index is 12.3. The Labute approximate surface area is 162 Å². The van der Waals surface area contributed by atoms with Crippen molar-refractivity contribution in [2.75, 3.05) is 11.9 Å². The molecule has 1 amide bonds. The SMILES string of the molecule is Cc1nnc(NC(=O)COC(=O)c2ccc3nc(-c4cccnc4)[nH]c3c2)s1. The highest BCUT2D eigenvalue weighted by Gasteiger charge is 2.14. The van der Waals surface area contributed by atoms with Crippen LogP contribution in [-0.4, -0.2) is 43.6 Å². The van der Waals surface area contributed by atoms with Crippen molar-refractivity contribution in [1.82, 2.24) is 25.1 Å². The summed E-state index contributed by atoms with van der Waals surface area (Å²) in [6.45, 7) is 1.36. The van der Waals surface area contributed by atoms with E-state index in [-0.39, 0.29) is 0 Å². The van der Waals surface area contributed by atoms with Gasteiger partial charge in [0.25, 0.3) is 5.91 Å². The van der Waals surface area contributed by atoms with Crippen molar-refractivity contribution in [2.24, 2.45) is 0 Å². The Morgan fingerprint density at radius 3 is 2.89 bits per heavy atom. The zero-order chi connectivity index (χ0) is 19.5. The largest absolute Gasteiger partial charge is 0.452 e. The van der Waals surface area contributed by atoms with Crippen LogP contribution in [0.5, 0.6) is 0 Å². The molecular weight excluding hydrogens is 380 g/mol. The van der Waals surface area contributed by atoms with Gasteiger partial charge in [-0.15, -0.1) is 10.2 Å². The standard InChI is InChI=1S/C18H14N6O3S/c1-10-23-24-18(28-10)22-15(25)9-27-17(26)11-4-5-13-14(7-11)21-16(20-13)12-3-2-6-19-8-12/h2-8H,9H2,1H3,(H,20,21)(H,22,24,25). The number of aromatic amines is 1. The number of aromatic nitrogens is 5. The van der Waals surface area contributed by atoms with Gasteiger partial charge in [-0.1, -0.05) is 11.3 Å². The summed E-state index contributed by atoms with van der Waals surface area (Å²) in [6.07, 6.45) is 3.38. The van der Waals surface area contributed by atoms with Crippen LogP contribution in [0.15, 0.2) is 42.7 Å². The lowest BCUT2D eigenvalue weighted by Crippen LogP contribution is -2.20. The van der Waals surface area contributed by atoms with E-state index in [1.807, 2.05) is 12.1 Å². The lowest BCUT2D eigenvalue weighted by atomic mass is 10.2. The topological polar surface area (TPSA) is 123 Å². The number of nitrogens with one attached hydrogen (secondary N) is 2. The van der Waals surface area contributed by atoms with Crippen molar-refractivity contribution in [3.63, 3.8) is 0 Å². The van der Waals surface area contributed by atoms with Gasteiger partial charge in [-0.05, 0) is 37.3 Å². The number of benzene rings is 1. The van der Waals surface area contributed by atoms with Gasteiger partial charge in [0.2, 0.25) is 5.13 Å². The van der Waals surface area contributed by atoms with E-state index >= 15 is 0 Å². The summed E-state index contributed by atoms with van der Waals surface area (Å²) in [4.78, 5) is 35.8. The van der Waals surface area contributed by atoms with Gasteiger partial charge in [0.1, 0.15) is 10.8 Å². The van der Waals surface area contributed by atoms with Gasteiger partial charge in [-0.2, -0.15) is 0 Å². The van der Waals surface area contributed by atoms with Crippen molar-refractivity contribution in [3.05, 3.63) is 53.3 Å². The average Bonchev–Trinajstić information content (AvgIpc) is 3.32. The van der Waals surface area contributed by atoms with Crippen LogP contribution in [0.25, 0.3) is 22.4 Å².